The molecule has 0 bridgehead atoms. The SMILES string of the molecule is CC(C)c1cccc(CN2CC3(CC(N4CCC(C(C)C)CC4)C3)C2)c1. The van der Waals surface area contributed by atoms with E-state index in [2.05, 4.69) is 61.8 Å². The van der Waals surface area contributed by atoms with Crippen molar-refractivity contribution in [2.45, 2.75) is 71.9 Å². The highest BCUT2D eigenvalue weighted by Crippen LogP contribution is 2.51. The lowest BCUT2D eigenvalue weighted by molar-refractivity contribution is -0.117. The molecule has 2 nitrogen and oxygen atoms in total. The number of likely N-dealkylation sites (tertiary alicyclic amines) is 2. The van der Waals surface area contributed by atoms with Crippen molar-refractivity contribution in [3.63, 3.8) is 0 Å². The normalized spacial score (nSPS) is 25.0. The molecule has 1 saturated carbocycles. The molecular formula is C24H38N2. The van der Waals surface area contributed by atoms with Gasteiger partial charge in [0.2, 0.25) is 0 Å². The number of nitrogens with zero attached hydrogens (tertiary/aromatic N) is 2. The molecule has 1 spiro atoms. The molecule has 26 heavy (non-hydrogen) atoms. The molecule has 1 aliphatic carbocycles. The lowest BCUT2D eigenvalue weighted by Gasteiger charge is -2.62. The lowest BCUT2D eigenvalue weighted by Crippen LogP contribution is -2.66. The van der Waals surface area contributed by atoms with E-state index < -0.39 is 0 Å². The maximum Gasteiger partial charge on any atom is 0.0234 e. The summed E-state index contributed by atoms with van der Waals surface area (Å²) in [5.41, 5.74) is 3.65. The van der Waals surface area contributed by atoms with Crippen molar-refractivity contribution in [3.05, 3.63) is 35.4 Å². The van der Waals surface area contributed by atoms with Crippen LogP contribution < -0.4 is 0 Å². The first-order valence-corrected chi connectivity index (χ1v) is 11.0. The summed E-state index contributed by atoms with van der Waals surface area (Å²) in [4.78, 5) is 5.49. The Labute approximate surface area is 161 Å². The predicted molar refractivity (Wildman–Crippen MR) is 110 cm³/mol. The molecule has 1 aromatic carbocycles. The molecule has 0 radical (unpaired) electrons. The molecule has 2 aliphatic heterocycles. The minimum Gasteiger partial charge on any atom is -0.300 e. The Kier molecular flexibility index (Phi) is 5.18. The Balaban J connectivity index is 1.21. The fourth-order valence-corrected chi connectivity index (χ4v) is 5.73. The highest BCUT2D eigenvalue weighted by molar-refractivity contribution is 5.26. The first-order chi connectivity index (χ1) is 12.4. The summed E-state index contributed by atoms with van der Waals surface area (Å²) in [6, 6.07) is 10.1. The van der Waals surface area contributed by atoms with Crippen LogP contribution in [0.25, 0.3) is 0 Å². The maximum atomic E-state index is 2.82. The zero-order valence-electron chi connectivity index (χ0n) is 17.4. The van der Waals surface area contributed by atoms with Crippen LogP contribution in [0.5, 0.6) is 0 Å². The van der Waals surface area contributed by atoms with E-state index in [0.717, 1.165) is 24.4 Å². The van der Waals surface area contributed by atoms with E-state index in [0.29, 0.717) is 11.3 Å². The fourth-order valence-electron chi connectivity index (χ4n) is 5.73. The second-order valence-electron chi connectivity index (χ2n) is 10.2. The van der Waals surface area contributed by atoms with Crippen molar-refractivity contribution in [3.8, 4) is 0 Å². The summed E-state index contributed by atoms with van der Waals surface area (Å²) in [7, 11) is 0. The summed E-state index contributed by atoms with van der Waals surface area (Å²) < 4.78 is 0. The van der Waals surface area contributed by atoms with Gasteiger partial charge in [-0.15, -0.1) is 0 Å². The second kappa shape index (κ2) is 7.28. The Morgan fingerprint density at radius 2 is 1.73 bits per heavy atom. The Morgan fingerprint density at radius 3 is 2.35 bits per heavy atom. The van der Waals surface area contributed by atoms with Gasteiger partial charge in [-0.3, -0.25) is 4.90 Å². The van der Waals surface area contributed by atoms with Gasteiger partial charge >= 0.3 is 0 Å². The van der Waals surface area contributed by atoms with E-state index in [9.17, 15) is 0 Å². The third-order valence-electron chi connectivity index (χ3n) is 7.51. The van der Waals surface area contributed by atoms with Crippen LogP contribution in [0.4, 0.5) is 0 Å². The van der Waals surface area contributed by atoms with Crippen molar-refractivity contribution in [1.29, 1.82) is 0 Å². The minimum absolute atomic E-state index is 0.630. The van der Waals surface area contributed by atoms with Crippen molar-refractivity contribution >= 4 is 0 Å². The van der Waals surface area contributed by atoms with Crippen LogP contribution >= 0.6 is 0 Å². The highest BCUT2D eigenvalue weighted by Gasteiger charge is 2.53. The quantitative estimate of drug-likeness (QED) is 0.722. The molecule has 2 saturated heterocycles. The summed E-state index contributed by atoms with van der Waals surface area (Å²) in [6.07, 6.45) is 5.78. The standard InChI is InChI=1S/C24H38N2/c1-18(2)21-8-10-26(11-9-21)23-13-24(14-23)16-25(17-24)15-20-6-5-7-22(12-20)19(3)4/h5-7,12,18-19,21,23H,8-11,13-17H2,1-4H3. The topological polar surface area (TPSA) is 6.48 Å². The van der Waals surface area contributed by atoms with E-state index >= 15 is 0 Å². The number of hydrogen-bond donors (Lipinski definition) is 0. The Morgan fingerprint density at radius 1 is 1.04 bits per heavy atom. The van der Waals surface area contributed by atoms with E-state index in [1.54, 1.807) is 0 Å². The Bertz CT molecular complexity index is 598. The van der Waals surface area contributed by atoms with Crippen molar-refractivity contribution in [1.82, 2.24) is 9.80 Å². The molecule has 3 fully saturated rings. The van der Waals surface area contributed by atoms with E-state index in [1.165, 1.54) is 63.0 Å². The van der Waals surface area contributed by atoms with Gasteiger partial charge in [-0.05, 0) is 73.1 Å². The van der Waals surface area contributed by atoms with Crippen LogP contribution in [0.3, 0.4) is 0 Å². The van der Waals surface area contributed by atoms with Gasteiger partial charge < -0.3 is 4.90 Å². The van der Waals surface area contributed by atoms with Gasteiger partial charge in [0.05, 0.1) is 0 Å². The Hall–Kier alpha value is -0.860. The average Bonchev–Trinajstić information content (AvgIpc) is 2.56. The van der Waals surface area contributed by atoms with E-state index in [-0.39, 0.29) is 0 Å². The van der Waals surface area contributed by atoms with Crippen LogP contribution in [0.2, 0.25) is 0 Å². The lowest BCUT2D eigenvalue weighted by atomic mass is 9.60. The van der Waals surface area contributed by atoms with Crippen LogP contribution in [0, 0.1) is 17.3 Å². The number of rotatable bonds is 5. The molecule has 4 rings (SSSR count). The van der Waals surface area contributed by atoms with Crippen molar-refractivity contribution in [2.24, 2.45) is 17.3 Å². The largest absolute Gasteiger partial charge is 0.300 e. The molecule has 1 aromatic rings. The molecule has 0 amide bonds. The first kappa shape index (κ1) is 18.5. The highest BCUT2D eigenvalue weighted by atomic mass is 15.2. The predicted octanol–water partition coefficient (Wildman–Crippen LogP) is 5.14. The summed E-state index contributed by atoms with van der Waals surface area (Å²) in [6.45, 7) is 15.9. The van der Waals surface area contributed by atoms with Gasteiger partial charge in [0, 0.05) is 25.7 Å². The zero-order chi connectivity index (χ0) is 18.3. The molecule has 144 valence electrons. The van der Waals surface area contributed by atoms with Gasteiger partial charge in [0.15, 0.2) is 0 Å². The van der Waals surface area contributed by atoms with Gasteiger partial charge in [0.1, 0.15) is 0 Å². The van der Waals surface area contributed by atoms with Crippen LogP contribution in [-0.2, 0) is 6.54 Å². The molecule has 0 aromatic heterocycles. The van der Waals surface area contributed by atoms with Gasteiger partial charge in [-0.2, -0.15) is 0 Å². The third kappa shape index (κ3) is 3.73. The van der Waals surface area contributed by atoms with E-state index in [4.69, 9.17) is 0 Å². The third-order valence-corrected chi connectivity index (χ3v) is 7.51. The van der Waals surface area contributed by atoms with Crippen LogP contribution in [-0.4, -0.2) is 42.0 Å². The van der Waals surface area contributed by atoms with Crippen LogP contribution in [0.1, 0.15) is 70.4 Å². The maximum absolute atomic E-state index is 2.82. The molecule has 0 atom stereocenters. The molecule has 2 heteroatoms. The molecule has 0 N–H and O–H groups in total. The molecular weight excluding hydrogens is 316 g/mol. The number of benzene rings is 1. The summed E-state index contributed by atoms with van der Waals surface area (Å²) in [5.74, 6) is 2.48. The molecule has 3 aliphatic rings. The average molecular weight is 355 g/mol. The summed E-state index contributed by atoms with van der Waals surface area (Å²) in [5, 5.41) is 0. The van der Waals surface area contributed by atoms with Gasteiger partial charge in [0.25, 0.3) is 0 Å². The minimum atomic E-state index is 0.630. The smallest absolute Gasteiger partial charge is 0.0234 e. The van der Waals surface area contributed by atoms with Crippen LogP contribution in [0.15, 0.2) is 24.3 Å². The second-order valence-corrected chi connectivity index (χ2v) is 10.2. The molecule has 0 unspecified atom stereocenters. The van der Waals surface area contributed by atoms with Crippen molar-refractivity contribution < 1.29 is 0 Å². The summed E-state index contributed by atoms with van der Waals surface area (Å²) >= 11 is 0. The number of piperidine rings is 1. The fraction of sp³-hybridized carbons (Fsp3) is 0.750. The van der Waals surface area contributed by atoms with E-state index in [1.807, 2.05) is 0 Å². The first-order valence-electron chi connectivity index (χ1n) is 11.0. The monoisotopic (exact) mass is 354 g/mol. The zero-order valence-corrected chi connectivity index (χ0v) is 17.4. The number of hydrogen-bond acceptors (Lipinski definition) is 2. The van der Waals surface area contributed by atoms with Gasteiger partial charge in [-0.1, -0.05) is 52.0 Å². The molecule has 2 heterocycles. The van der Waals surface area contributed by atoms with Gasteiger partial charge in [-0.25, -0.2) is 0 Å². The van der Waals surface area contributed by atoms with Crippen molar-refractivity contribution in [2.75, 3.05) is 26.2 Å².